The van der Waals surface area contributed by atoms with Crippen molar-refractivity contribution in [3.05, 3.63) is 35.4 Å². The van der Waals surface area contributed by atoms with Crippen LogP contribution in [0.2, 0.25) is 0 Å². The number of halogens is 2. The first kappa shape index (κ1) is 22.4. The van der Waals surface area contributed by atoms with Crippen molar-refractivity contribution in [1.29, 1.82) is 0 Å². The van der Waals surface area contributed by atoms with Gasteiger partial charge in [0, 0.05) is 34.3 Å². The van der Waals surface area contributed by atoms with Crippen LogP contribution in [-0.2, 0) is 4.74 Å². The van der Waals surface area contributed by atoms with E-state index in [9.17, 15) is 5.11 Å². The zero-order valence-electron chi connectivity index (χ0n) is 15.9. The number of unbranched alkanes of at least 4 members (excludes halogenated alkanes) is 2. The van der Waals surface area contributed by atoms with Crippen LogP contribution in [0, 0.1) is 0 Å². The average Bonchev–Trinajstić information content (AvgIpc) is 2.92. The van der Waals surface area contributed by atoms with Crippen molar-refractivity contribution in [2.75, 3.05) is 19.0 Å². The number of alkyl halides is 2. The van der Waals surface area contributed by atoms with E-state index in [4.69, 9.17) is 27.9 Å². The largest absolute Gasteiger partial charge is 0.388 e. The van der Waals surface area contributed by atoms with Crippen molar-refractivity contribution in [2.24, 2.45) is 0 Å². The quantitative estimate of drug-likeness (QED) is 0.345. The highest BCUT2D eigenvalue weighted by Crippen LogP contribution is 2.47. The fraction of sp³-hybridized carbons (Fsp3) is 0.714. The summed E-state index contributed by atoms with van der Waals surface area (Å²) in [6.07, 6.45) is 4.70. The lowest BCUT2D eigenvalue weighted by Crippen LogP contribution is -2.20. The van der Waals surface area contributed by atoms with Gasteiger partial charge >= 0.3 is 0 Å². The van der Waals surface area contributed by atoms with Crippen molar-refractivity contribution in [2.45, 2.75) is 74.0 Å². The molecule has 0 spiro atoms. The molecule has 2 rings (SSSR count). The molecule has 1 aliphatic rings. The number of hydrogen-bond acceptors (Lipinski definition) is 3. The van der Waals surface area contributed by atoms with Gasteiger partial charge in [0.25, 0.3) is 0 Å². The average molecular weight is 419 g/mol. The smallest absolute Gasteiger partial charge is 0.0790 e. The van der Waals surface area contributed by atoms with Crippen LogP contribution < -0.4 is 0 Å². The summed E-state index contributed by atoms with van der Waals surface area (Å²) in [6.45, 7) is 5.70. The molecule has 26 heavy (non-hydrogen) atoms. The SMILES string of the molecule is CCCCCC(O)c1ccc(C2C(Cl)CC(Cl)C2SCCOCC)cc1. The molecule has 0 heterocycles. The third-order valence-electron chi connectivity index (χ3n) is 5.08. The molecule has 5 heteroatoms. The minimum absolute atomic E-state index is 0.0578. The predicted molar refractivity (Wildman–Crippen MR) is 115 cm³/mol. The second kappa shape index (κ2) is 11.8. The normalized spacial score (nSPS) is 27.0. The second-order valence-corrected chi connectivity index (χ2v) is 9.41. The Hall–Kier alpha value is 0.0700. The Bertz CT molecular complexity index is 511. The lowest BCUT2D eigenvalue weighted by molar-refractivity contribution is 0.163. The van der Waals surface area contributed by atoms with Gasteiger partial charge in [0.05, 0.1) is 12.7 Å². The molecule has 1 aromatic carbocycles. The Morgan fingerprint density at radius 1 is 1.15 bits per heavy atom. The van der Waals surface area contributed by atoms with Gasteiger partial charge in [-0.1, -0.05) is 50.5 Å². The molecule has 0 saturated heterocycles. The minimum atomic E-state index is -0.372. The highest BCUT2D eigenvalue weighted by molar-refractivity contribution is 8.00. The summed E-state index contributed by atoms with van der Waals surface area (Å²) in [7, 11) is 0. The van der Waals surface area contributed by atoms with Gasteiger partial charge in [0.2, 0.25) is 0 Å². The maximum absolute atomic E-state index is 10.4. The molecule has 1 aliphatic carbocycles. The van der Waals surface area contributed by atoms with E-state index in [-0.39, 0.29) is 22.8 Å². The number of ether oxygens (including phenoxy) is 1. The van der Waals surface area contributed by atoms with Crippen molar-refractivity contribution < 1.29 is 9.84 Å². The molecule has 0 aromatic heterocycles. The van der Waals surface area contributed by atoms with Gasteiger partial charge in [-0.3, -0.25) is 0 Å². The molecule has 0 aliphatic heterocycles. The Kier molecular flexibility index (Phi) is 10.2. The lowest BCUT2D eigenvalue weighted by Gasteiger charge is -2.24. The summed E-state index contributed by atoms with van der Waals surface area (Å²) < 4.78 is 5.45. The molecule has 0 bridgehead atoms. The first-order valence-electron chi connectivity index (χ1n) is 9.83. The molecular weight excluding hydrogens is 387 g/mol. The van der Waals surface area contributed by atoms with Crippen LogP contribution in [0.25, 0.3) is 0 Å². The summed E-state index contributed by atoms with van der Waals surface area (Å²) in [5.41, 5.74) is 2.23. The maximum atomic E-state index is 10.4. The van der Waals surface area contributed by atoms with Crippen LogP contribution in [0.3, 0.4) is 0 Å². The molecule has 148 valence electrons. The number of aliphatic hydroxyl groups is 1. The van der Waals surface area contributed by atoms with E-state index in [0.717, 1.165) is 43.8 Å². The molecule has 0 amide bonds. The maximum Gasteiger partial charge on any atom is 0.0790 e. The van der Waals surface area contributed by atoms with E-state index in [1.54, 1.807) is 0 Å². The van der Waals surface area contributed by atoms with E-state index >= 15 is 0 Å². The molecule has 0 radical (unpaired) electrons. The highest BCUT2D eigenvalue weighted by atomic mass is 35.5. The molecule has 1 saturated carbocycles. The van der Waals surface area contributed by atoms with Crippen LogP contribution >= 0.6 is 35.0 Å². The van der Waals surface area contributed by atoms with Gasteiger partial charge < -0.3 is 9.84 Å². The number of aliphatic hydroxyl groups excluding tert-OH is 1. The van der Waals surface area contributed by atoms with Gasteiger partial charge in [-0.25, -0.2) is 0 Å². The van der Waals surface area contributed by atoms with E-state index < -0.39 is 0 Å². The Labute approximate surface area is 173 Å². The number of hydrogen-bond donors (Lipinski definition) is 1. The monoisotopic (exact) mass is 418 g/mol. The van der Waals surface area contributed by atoms with E-state index in [0.29, 0.717) is 5.25 Å². The van der Waals surface area contributed by atoms with Gasteiger partial charge in [-0.2, -0.15) is 11.8 Å². The third-order valence-corrected chi connectivity index (χ3v) is 7.54. The van der Waals surface area contributed by atoms with Gasteiger partial charge in [-0.05, 0) is 30.9 Å². The molecule has 1 N–H and O–H groups in total. The molecule has 5 unspecified atom stereocenters. The second-order valence-electron chi connectivity index (χ2n) is 7.00. The highest BCUT2D eigenvalue weighted by Gasteiger charge is 2.42. The third kappa shape index (κ3) is 6.31. The summed E-state index contributed by atoms with van der Waals surface area (Å²) in [6, 6.07) is 8.37. The topological polar surface area (TPSA) is 29.5 Å². The van der Waals surface area contributed by atoms with Crippen molar-refractivity contribution in [3.63, 3.8) is 0 Å². The Balaban J connectivity index is 2.00. The van der Waals surface area contributed by atoms with Gasteiger partial charge in [0.15, 0.2) is 0 Å². The Morgan fingerprint density at radius 3 is 2.54 bits per heavy atom. The van der Waals surface area contributed by atoms with E-state index in [1.807, 2.05) is 18.7 Å². The number of rotatable bonds is 11. The van der Waals surface area contributed by atoms with Crippen molar-refractivity contribution >= 4 is 35.0 Å². The fourth-order valence-corrected chi connectivity index (χ4v) is 6.21. The predicted octanol–water partition coefficient (Wildman–Crippen LogP) is 6.14. The van der Waals surface area contributed by atoms with E-state index in [2.05, 4.69) is 31.2 Å². The zero-order chi connectivity index (χ0) is 18.9. The molecule has 2 nitrogen and oxygen atoms in total. The van der Waals surface area contributed by atoms with Crippen LogP contribution in [-0.4, -0.2) is 40.1 Å². The number of benzene rings is 1. The summed E-state index contributed by atoms with van der Waals surface area (Å²) >= 11 is 15.1. The van der Waals surface area contributed by atoms with Gasteiger partial charge in [-0.15, -0.1) is 23.2 Å². The minimum Gasteiger partial charge on any atom is -0.388 e. The Morgan fingerprint density at radius 2 is 1.88 bits per heavy atom. The summed E-state index contributed by atoms with van der Waals surface area (Å²) in [5.74, 6) is 1.19. The number of thioether (sulfide) groups is 1. The van der Waals surface area contributed by atoms with Crippen molar-refractivity contribution in [1.82, 2.24) is 0 Å². The molecule has 1 fully saturated rings. The summed E-state index contributed by atoms with van der Waals surface area (Å²) in [5, 5.41) is 10.8. The summed E-state index contributed by atoms with van der Waals surface area (Å²) in [4.78, 5) is 0. The standard InChI is InChI=1S/C21H32Cl2O2S/c1-3-5-6-7-19(24)15-8-10-16(11-9-15)20-17(22)14-18(23)21(20)26-13-12-25-4-2/h8-11,17-21,24H,3-7,12-14H2,1-2H3. The molecule has 5 atom stereocenters. The van der Waals surface area contributed by atoms with Crippen molar-refractivity contribution in [3.8, 4) is 0 Å². The first-order chi connectivity index (χ1) is 12.6. The van der Waals surface area contributed by atoms with Crippen LogP contribution in [0.1, 0.15) is 69.1 Å². The first-order valence-corrected chi connectivity index (χ1v) is 11.8. The van der Waals surface area contributed by atoms with E-state index in [1.165, 1.54) is 18.4 Å². The lowest BCUT2D eigenvalue weighted by atomic mass is 9.94. The molecule has 1 aromatic rings. The van der Waals surface area contributed by atoms with Crippen LogP contribution in [0.15, 0.2) is 24.3 Å². The zero-order valence-corrected chi connectivity index (χ0v) is 18.2. The van der Waals surface area contributed by atoms with Crippen LogP contribution in [0.4, 0.5) is 0 Å². The van der Waals surface area contributed by atoms with Crippen LogP contribution in [0.5, 0.6) is 0 Å². The van der Waals surface area contributed by atoms with Gasteiger partial charge in [0.1, 0.15) is 0 Å². The fourth-order valence-electron chi connectivity index (χ4n) is 3.62. The molecular formula is C21H32Cl2O2S.